The van der Waals surface area contributed by atoms with E-state index in [2.05, 4.69) is 10.6 Å². The highest BCUT2D eigenvalue weighted by Crippen LogP contribution is 2.21. The summed E-state index contributed by atoms with van der Waals surface area (Å²) in [6.45, 7) is -0.159. The first-order valence-electron chi connectivity index (χ1n) is 6.65. The average molecular weight is 321 g/mol. The number of nitrogens with one attached hydrogen (secondary N) is 2. The van der Waals surface area contributed by atoms with E-state index in [9.17, 15) is 23.7 Å². The van der Waals surface area contributed by atoms with Crippen LogP contribution in [0.1, 0.15) is 5.56 Å². The summed E-state index contributed by atoms with van der Waals surface area (Å²) in [6.07, 6.45) is 0. The topological polar surface area (TPSA) is 84.3 Å². The van der Waals surface area contributed by atoms with Crippen LogP contribution in [-0.2, 0) is 11.3 Å². The van der Waals surface area contributed by atoms with Gasteiger partial charge in [-0.05, 0) is 18.2 Å². The van der Waals surface area contributed by atoms with Crippen LogP contribution in [0.2, 0.25) is 0 Å². The van der Waals surface area contributed by atoms with Crippen LogP contribution >= 0.6 is 0 Å². The molecule has 1 amide bonds. The van der Waals surface area contributed by atoms with E-state index in [0.29, 0.717) is 5.56 Å². The fraction of sp³-hybridized carbons (Fsp3) is 0.133. The van der Waals surface area contributed by atoms with Crippen LogP contribution in [-0.4, -0.2) is 17.4 Å². The van der Waals surface area contributed by atoms with Crippen LogP contribution in [0.3, 0.4) is 0 Å². The Morgan fingerprint density at radius 1 is 1.13 bits per heavy atom. The molecule has 0 aliphatic carbocycles. The molecular formula is C15H13F2N3O3. The van der Waals surface area contributed by atoms with Gasteiger partial charge in [0.25, 0.3) is 0 Å². The van der Waals surface area contributed by atoms with Gasteiger partial charge in [0.2, 0.25) is 11.7 Å². The maximum absolute atomic E-state index is 13.4. The van der Waals surface area contributed by atoms with Crippen molar-refractivity contribution in [3.05, 3.63) is 69.8 Å². The molecule has 6 nitrogen and oxygen atoms in total. The number of benzene rings is 2. The summed E-state index contributed by atoms with van der Waals surface area (Å²) in [7, 11) is 0. The van der Waals surface area contributed by atoms with Crippen LogP contribution in [0.25, 0.3) is 0 Å². The number of carbonyl (C=O) groups excluding carboxylic acids is 1. The number of amides is 1. The predicted molar refractivity (Wildman–Crippen MR) is 79.8 cm³/mol. The number of nitro groups is 1. The van der Waals surface area contributed by atoms with Gasteiger partial charge in [0.15, 0.2) is 0 Å². The number of carbonyl (C=O) groups is 1. The van der Waals surface area contributed by atoms with Crippen molar-refractivity contribution in [3.8, 4) is 0 Å². The Kier molecular flexibility index (Phi) is 5.19. The SMILES string of the molecule is O=C(CNc1ccc(F)c([N+](=O)[O-])c1)NCc1ccccc1F. The second-order valence-electron chi connectivity index (χ2n) is 4.64. The molecule has 0 bridgehead atoms. The fourth-order valence-corrected chi connectivity index (χ4v) is 1.84. The first-order chi connectivity index (χ1) is 11.0. The summed E-state index contributed by atoms with van der Waals surface area (Å²) in [4.78, 5) is 21.5. The fourth-order valence-electron chi connectivity index (χ4n) is 1.84. The zero-order valence-corrected chi connectivity index (χ0v) is 11.9. The summed E-state index contributed by atoms with van der Waals surface area (Å²) >= 11 is 0. The van der Waals surface area contributed by atoms with E-state index < -0.39 is 28.2 Å². The van der Waals surface area contributed by atoms with E-state index in [4.69, 9.17) is 0 Å². The largest absolute Gasteiger partial charge is 0.376 e. The van der Waals surface area contributed by atoms with Gasteiger partial charge in [-0.15, -0.1) is 0 Å². The number of nitrogens with zero attached hydrogens (tertiary/aromatic N) is 1. The van der Waals surface area contributed by atoms with Gasteiger partial charge in [0.05, 0.1) is 11.5 Å². The van der Waals surface area contributed by atoms with Gasteiger partial charge in [-0.25, -0.2) is 4.39 Å². The van der Waals surface area contributed by atoms with Crippen LogP contribution in [0.5, 0.6) is 0 Å². The highest BCUT2D eigenvalue weighted by molar-refractivity contribution is 5.80. The third-order valence-electron chi connectivity index (χ3n) is 3.03. The van der Waals surface area contributed by atoms with E-state index in [-0.39, 0.29) is 18.8 Å². The Balaban J connectivity index is 1.88. The lowest BCUT2D eigenvalue weighted by atomic mass is 10.2. The molecule has 0 heterocycles. The van der Waals surface area contributed by atoms with E-state index >= 15 is 0 Å². The second-order valence-corrected chi connectivity index (χ2v) is 4.64. The molecule has 0 radical (unpaired) electrons. The molecule has 0 unspecified atom stereocenters. The van der Waals surface area contributed by atoms with Crippen LogP contribution < -0.4 is 10.6 Å². The third-order valence-corrected chi connectivity index (χ3v) is 3.03. The molecule has 0 spiro atoms. The quantitative estimate of drug-likeness (QED) is 0.633. The molecule has 8 heteroatoms. The summed E-state index contributed by atoms with van der Waals surface area (Å²) in [5, 5.41) is 15.8. The zero-order chi connectivity index (χ0) is 16.8. The standard InChI is InChI=1S/C15H13F2N3O3/c16-12-4-2-1-3-10(12)8-19-15(21)9-18-11-5-6-13(17)14(7-11)20(22)23/h1-7,18H,8-9H2,(H,19,21). The Bertz CT molecular complexity index is 738. The van der Waals surface area contributed by atoms with Crippen molar-refractivity contribution < 1.29 is 18.5 Å². The summed E-state index contributed by atoms with van der Waals surface area (Å²) in [5.41, 5.74) is -0.0980. The van der Waals surface area contributed by atoms with Crippen LogP contribution in [0, 0.1) is 21.7 Å². The van der Waals surface area contributed by atoms with Crippen molar-refractivity contribution in [2.75, 3.05) is 11.9 Å². The van der Waals surface area contributed by atoms with Gasteiger partial charge in [-0.1, -0.05) is 18.2 Å². The molecule has 0 saturated heterocycles. The summed E-state index contributed by atoms with van der Waals surface area (Å²) in [6, 6.07) is 9.26. The highest BCUT2D eigenvalue weighted by Gasteiger charge is 2.14. The minimum atomic E-state index is -0.954. The third kappa shape index (κ3) is 4.47. The van der Waals surface area contributed by atoms with Gasteiger partial charge in [0, 0.05) is 23.9 Å². The van der Waals surface area contributed by atoms with Crippen LogP contribution in [0.15, 0.2) is 42.5 Å². The first-order valence-corrected chi connectivity index (χ1v) is 6.65. The summed E-state index contributed by atoms with van der Waals surface area (Å²) < 4.78 is 26.6. The number of halogens is 2. The Labute approximate surface area is 130 Å². The average Bonchev–Trinajstić information content (AvgIpc) is 2.53. The van der Waals surface area contributed by atoms with Gasteiger partial charge >= 0.3 is 5.69 Å². The Hall–Kier alpha value is -3.03. The second kappa shape index (κ2) is 7.30. The monoisotopic (exact) mass is 321 g/mol. The minimum absolute atomic E-state index is 0.0246. The van der Waals surface area contributed by atoms with Gasteiger partial charge in [-0.3, -0.25) is 14.9 Å². The maximum Gasteiger partial charge on any atom is 0.306 e. The lowest BCUT2D eigenvalue weighted by Crippen LogP contribution is -2.29. The molecule has 2 rings (SSSR count). The number of anilines is 1. The smallest absolute Gasteiger partial charge is 0.306 e. The predicted octanol–water partition coefficient (Wildman–Crippen LogP) is 2.60. The van der Waals surface area contributed by atoms with E-state index in [1.54, 1.807) is 18.2 Å². The molecule has 0 fully saturated rings. The van der Waals surface area contributed by atoms with E-state index in [1.165, 1.54) is 12.1 Å². The molecule has 2 aromatic carbocycles. The number of nitro benzene ring substituents is 1. The number of hydrogen-bond donors (Lipinski definition) is 2. The van der Waals surface area contributed by atoms with Gasteiger partial charge in [-0.2, -0.15) is 4.39 Å². The van der Waals surface area contributed by atoms with Crippen molar-refractivity contribution in [2.24, 2.45) is 0 Å². The van der Waals surface area contributed by atoms with E-state index in [0.717, 1.165) is 12.1 Å². The van der Waals surface area contributed by atoms with E-state index in [1.807, 2.05) is 0 Å². The zero-order valence-electron chi connectivity index (χ0n) is 11.9. The highest BCUT2D eigenvalue weighted by atomic mass is 19.1. The molecule has 23 heavy (non-hydrogen) atoms. The molecule has 0 aromatic heterocycles. The minimum Gasteiger partial charge on any atom is -0.376 e. The Morgan fingerprint density at radius 3 is 2.57 bits per heavy atom. The van der Waals surface area contributed by atoms with Crippen molar-refractivity contribution in [1.82, 2.24) is 5.32 Å². The van der Waals surface area contributed by atoms with Crippen molar-refractivity contribution in [3.63, 3.8) is 0 Å². The lowest BCUT2D eigenvalue weighted by molar-refractivity contribution is -0.387. The normalized spacial score (nSPS) is 10.2. The molecule has 2 aromatic rings. The molecule has 0 aliphatic rings. The van der Waals surface area contributed by atoms with Crippen LogP contribution in [0.4, 0.5) is 20.2 Å². The van der Waals surface area contributed by atoms with Gasteiger partial charge in [0.1, 0.15) is 5.82 Å². The molecular weight excluding hydrogens is 308 g/mol. The van der Waals surface area contributed by atoms with Gasteiger partial charge < -0.3 is 10.6 Å². The number of rotatable bonds is 6. The molecule has 2 N–H and O–H groups in total. The molecule has 0 atom stereocenters. The maximum atomic E-state index is 13.4. The molecule has 0 saturated carbocycles. The summed E-state index contributed by atoms with van der Waals surface area (Å²) in [5.74, 6) is -1.81. The number of hydrogen-bond acceptors (Lipinski definition) is 4. The first kappa shape index (κ1) is 16.3. The molecule has 0 aliphatic heterocycles. The molecule has 120 valence electrons. The van der Waals surface area contributed by atoms with Crippen molar-refractivity contribution in [1.29, 1.82) is 0 Å². The Morgan fingerprint density at radius 2 is 1.87 bits per heavy atom. The van der Waals surface area contributed by atoms with Crippen molar-refractivity contribution in [2.45, 2.75) is 6.54 Å². The lowest BCUT2D eigenvalue weighted by Gasteiger charge is -2.08. The van der Waals surface area contributed by atoms with Crippen molar-refractivity contribution >= 4 is 17.3 Å².